The summed E-state index contributed by atoms with van der Waals surface area (Å²) in [5.74, 6) is -8.13. The van der Waals surface area contributed by atoms with Gasteiger partial charge in [-0.25, -0.2) is 4.79 Å². The van der Waals surface area contributed by atoms with E-state index in [4.69, 9.17) is 11.5 Å². The number of primary amides is 1. The third kappa shape index (κ3) is 18.1. The van der Waals surface area contributed by atoms with Crippen LogP contribution in [0, 0.1) is 23.7 Å². The fraction of sp³-hybridized carbons (Fsp3) is 0.673. The molecule has 9 amide bonds. The van der Waals surface area contributed by atoms with Crippen LogP contribution in [0.1, 0.15) is 119 Å². The quantitative estimate of drug-likeness (QED) is 0.0553. The van der Waals surface area contributed by atoms with Gasteiger partial charge in [0.2, 0.25) is 53.2 Å². The summed E-state index contributed by atoms with van der Waals surface area (Å²) >= 11 is 0. The molecule has 0 radical (unpaired) electrons. The number of benzene rings is 1. The van der Waals surface area contributed by atoms with Crippen molar-refractivity contribution in [3.05, 3.63) is 29.8 Å². The van der Waals surface area contributed by atoms with E-state index in [1.165, 1.54) is 21.9 Å². The Hall–Kier alpha value is -6.32. The Balaban J connectivity index is 1.74. The summed E-state index contributed by atoms with van der Waals surface area (Å²) in [6, 6.07) is -3.03. The Bertz CT molecular complexity index is 2050. The Morgan fingerprint density at radius 1 is 0.676 bits per heavy atom. The number of carboxylic acids is 1. The second-order valence-corrected chi connectivity index (χ2v) is 20.0. The van der Waals surface area contributed by atoms with E-state index in [1.54, 1.807) is 32.9 Å². The van der Waals surface area contributed by atoms with Gasteiger partial charge in [0, 0.05) is 25.9 Å². The number of nitrogens with zero attached hydrogens (tertiary/aromatic N) is 2. The SMILES string of the molecule is CC[C@H](C)[C@H](NC(=O)[C@@H](N)CC(C)C)C(=O)N[C@@H](CC(C)C)C(=O)N[C@@H](CCC(N)=O)C(=O)NCC(=O)N1CCC[C@H]1C(=O)N1CCC[C@H]1C(=O)N[C@@H](Cc1ccc(O)cc1)C(=O)N[C@H](C(=O)O)C(C)C. The molecule has 1 aromatic carbocycles. The lowest BCUT2D eigenvalue weighted by Crippen LogP contribution is -2.59. The molecule has 71 heavy (non-hydrogen) atoms. The molecule has 0 bridgehead atoms. The molecule has 22 heteroatoms. The van der Waals surface area contributed by atoms with E-state index in [0.717, 1.165) is 0 Å². The summed E-state index contributed by atoms with van der Waals surface area (Å²) in [7, 11) is 0. The number of amides is 9. The number of nitrogens with one attached hydrogen (secondary N) is 6. The average molecular weight is 999 g/mol. The van der Waals surface area contributed by atoms with Gasteiger partial charge in [0.15, 0.2) is 0 Å². The molecule has 0 unspecified atom stereocenters. The molecule has 0 aliphatic carbocycles. The molecular weight excluding hydrogens is 921 g/mol. The van der Waals surface area contributed by atoms with Crippen LogP contribution < -0.4 is 43.4 Å². The van der Waals surface area contributed by atoms with Crippen LogP contribution in [-0.4, -0.2) is 147 Å². The molecule has 0 aromatic heterocycles. The summed E-state index contributed by atoms with van der Waals surface area (Å²) in [4.78, 5) is 136. The largest absolute Gasteiger partial charge is 0.508 e. The van der Waals surface area contributed by atoms with Gasteiger partial charge in [-0.3, -0.25) is 43.2 Å². The fourth-order valence-electron chi connectivity index (χ4n) is 8.69. The minimum Gasteiger partial charge on any atom is -0.508 e. The van der Waals surface area contributed by atoms with Crippen LogP contribution in [0.2, 0.25) is 0 Å². The van der Waals surface area contributed by atoms with Crippen molar-refractivity contribution in [2.45, 2.75) is 168 Å². The number of hydrogen-bond donors (Lipinski definition) is 10. The van der Waals surface area contributed by atoms with Crippen LogP contribution in [0.5, 0.6) is 5.75 Å². The third-order valence-corrected chi connectivity index (χ3v) is 12.9. The Labute approximate surface area is 416 Å². The van der Waals surface area contributed by atoms with Crippen molar-refractivity contribution in [1.82, 2.24) is 41.7 Å². The number of aliphatic carboxylic acids is 1. The van der Waals surface area contributed by atoms with Crippen LogP contribution in [0.3, 0.4) is 0 Å². The van der Waals surface area contributed by atoms with Crippen molar-refractivity contribution in [1.29, 1.82) is 0 Å². The van der Waals surface area contributed by atoms with E-state index in [1.807, 2.05) is 34.6 Å². The summed E-state index contributed by atoms with van der Waals surface area (Å²) in [6.07, 6.45) is 1.79. The number of carbonyl (C=O) groups is 10. The zero-order valence-electron chi connectivity index (χ0n) is 42.5. The van der Waals surface area contributed by atoms with Crippen molar-refractivity contribution in [3.63, 3.8) is 0 Å². The first-order valence-electron chi connectivity index (χ1n) is 24.8. The van der Waals surface area contributed by atoms with Gasteiger partial charge in [-0.1, -0.05) is 73.9 Å². The van der Waals surface area contributed by atoms with E-state index in [9.17, 15) is 58.2 Å². The third-order valence-electron chi connectivity index (χ3n) is 12.9. The predicted molar refractivity (Wildman–Crippen MR) is 261 cm³/mol. The van der Waals surface area contributed by atoms with E-state index < -0.39 is 120 Å². The monoisotopic (exact) mass is 999 g/mol. The molecule has 0 saturated carbocycles. The normalized spacial score (nSPS) is 18.6. The molecule has 396 valence electrons. The van der Waals surface area contributed by atoms with Crippen molar-refractivity contribution in [3.8, 4) is 5.75 Å². The molecule has 2 saturated heterocycles. The van der Waals surface area contributed by atoms with Crippen molar-refractivity contribution in [2.24, 2.45) is 35.1 Å². The number of likely N-dealkylation sites (tertiary alicyclic amines) is 2. The van der Waals surface area contributed by atoms with E-state index in [-0.39, 0.29) is 75.1 Å². The number of nitrogens with two attached hydrogens (primary N) is 2. The molecule has 12 N–H and O–H groups in total. The number of aromatic hydroxyl groups is 1. The standard InChI is InChI=1S/C49H78N10O12/c1-9-29(8)41(57-42(63)32(50)22-26(2)3)47(68)55-34(23-27(4)5)44(65)53-33(18-19-38(51)61)43(64)52-25-39(62)58-20-11-13-37(58)48(69)59-21-10-12-36(59)46(67)54-35(24-30-14-16-31(60)17-15-30)45(66)56-40(28(6)7)49(70)71/h14-17,26-29,32-37,40-41,60H,9-13,18-25,50H2,1-8H3,(H2,51,61)(H,52,64)(H,53,65)(H,54,67)(H,55,68)(H,56,66)(H,57,63)(H,70,71)/t29-,32-,33-,34-,35-,36-,37-,40-,41-/m0/s1. The smallest absolute Gasteiger partial charge is 0.326 e. The first-order chi connectivity index (χ1) is 33.3. The second-order valence-electron chi connectivity index (χ2n) is 20.0. The molecule has 3 rings (SSSR count). The fourth-order valence-corrected chi connectivity index (χ4v) is 8.69. The minimum absolute atomic E-state index is 0.0198. The first kappa shape index (κ1) is 59.0. The topological polar surface area (TPSA) is 342 Å². The maximum absolute atomic E-state index is 14.2. The summed E-state index contributed by atoms with van der Waals surface area (Å²) in [5.41, 5.74) is 12.1. The molecule has 2 heterocycles. The van der Waals surface area contributed by atoms with Crippen molar-refractivity contribution < 1.29 is 58.2 Å². The van der Waals surface area contributed by atoms with Crippen LogP contribution in [0.4, 0.5) is 0 Å². The summed E-state index contributed by atoms with van der Waals surface area (Å²) in [6.45, 7) is 14.1. The van der Waals surface area contributed by atoms with Crippen molar-refractivity contribution >= 4 is 59.1 Å². The lowest BCUT2D eigenvalue weighted by molar-refractivity contribution is -0.147. The lowest BCUT2D eigenvalue weighted by Gasteiger charge is -2.32. The van der Waals surface area contributed by atoms with E-state index >= 15 is 0 Å². The van der Waals surface area contributed by atoms with Gasteiger partial charge in [-0.15, -0.1) is 0 Å². The van der Waals surface area contributed by atoms with E-state index in [0.29, 0.717) is 31.2 Å². The predicted octanol–water partition coefficient (Wildman–Crippen LogP) is -0.0714. The first-order valence-corrected chi connectivity index (χ1v) is 24.8. The van der Waals surface area contributed by atoms with Gasteiger partial charge >= 0.3 is 5.97 Å². The highest BCUT2D eigenvalue weighted by molar-refractivity contribution is 5.98. The van der Waals surface area contributed by atoms with Crippen LogP contribution in [0.15, 0.2) is 24.3 Å². The number of carbonyl (C=O) groups excluding carboxylic acids is 9. The molecule has 9 atom stereocenters. The summed E-state index contributed by atoms with van der Waals surface area (Å²) < 4.78 is 0. The minimum atomic E-state index is -1.38. The van der Waals surface area contributed by atoms with Crippen LogP contribution in [-0.2, 0) is 54.4 Å². The summed E-state index contributed by atoms with van der Waals surface area (Å²) in [5, 5.41) is 35.3. The van der Waals surface area contributed by atoms with Gasteiger partial charge in [-0.05, 0) is 86.3 Å². The van der Waals surface area contributed by atoms with Crippen LogP contribution in [0.25, 0.3) is 0 Å². The molecule has 2 fully saturated rings. The molecule has 2 aliphatic heterocycles. The van der Waals surface area contributed by atoms with Gasteiger partial charge in [0.05, 0.1) is 12.6 Å². The highest BCUT2D eigenvalue weighted by Gasteiger charge is 2.43. The maximum Gasteiger partial charge on any atom is 0.326 e. The maximum atomic E-state index is 14.2. The van der Waals surface area contributed by atoms with E-state index in [2.05, 4.69) is 31.9 Å². The van der Waals surface area contributed by atoms with Gasteiger partial charge < -0.3 is 63.4 Å². The van der Waals surface area contributed by atoms with Gasteiger partial charge in [0.25, 0.3) is 0 Å². The zero-order valence-corrected chi connectivity index (χ0v) is 42.5. The number of rotatable bonds is 27. The van der Waals surface area contributed by atoms with Crippen molar-refractivity contribution in [2.75, 3.05) is 19.6 Å². The Kier molecular flexibility index (Phi) is 23.2. The Morgan fingerprint density at radius 2 is 1.24 bits per heavy atom. The Morgan fingerprint density at radius 3 is 1.80 bits per heavy atom. The number of carboxylic acid groups (broad SMARTS) is 1. The zero-order chi connectivity index (χ0) is 53.3. The molecular formula is C49H78N10O12. The lowest BCUT2D eigenvalue weighted by atomic mass is 9.95. The van der Waals surface area contributed by atoms with Gasteiger partial charge in [-0.2, -0.15) is 0 Å². The number of phenols is 1. The average Bonchev–Trinajstić information content (AvgIpc) is 4.01. The number of hydrogen-bond acceptors (Lipinski definition) is 12. The molecule has 22 nitrogen and oxygen atoms in total. The second kappa shape index (κ2) is 27.9. The highest BCUT2D eigenvalue weighted by Crippen LogP contribution is 2.26. The molecule has 0 spiro atoms. The molecule has 2 aliphatic rings. The highest BCUT2D eigenvalue weighted by atomic mass is 16.4. The van der Waals surface area contributed by atoms with Crippen LogP contribution >= 0.6 is 0 Å². The molecule has 1 aromatic rings. The van der Waals surface area contributed by atoms with Gasteiger partial charge in [0.1, 0.15) is 48.0 Å². The number of phenolic OH excluding ortho intramolecular Hbond substituents is 1.